The maximum absolute atomic E-state index is 6.18. The first-order valence-electron chi connectivity index (χ1n) is 6.31. The third-order valence-electron chi connectivity index (χ3n) is 3.78. The molecule has 0 aliphatic rings. The van der Waals surface area contributed by atoms with E-state index < -0.39 is 0 Å². The van der Waals surface area contributed by atoms with Crippen molar-refractivity contribution in [3.05, 3.63) is 15.9 Å². The zero-order valence-corrected chi connectivity index (χ0v) is 13.5. The molecule has 0 spiro atoms. The molecule has 0 aliphatic heterocycles. The van der Waals surface area contributed by atoms with Gasteiger partial charge >= 0.3 is 0 Å². The predicted octanol–water partition coefficient (Wildman–Crippen LogP) is 4.56. The SMILES string of the molecule is CCn1nc(C)c(Br)c1CC(CC)(CC)CCl. The summed E-state index contributed by atoms with van der Waals surface area (Å²) in [5, 5.41) is 4.54. The molecule has 0 amide bonds. The topological polar surface area (TPSA) is 17.8 Å². The van der Waals surface area contributed by atoms with Crippen LogP contribution in [0.1, 0.15) is 45.0 Å². The molecular formula is C13H22BrClN2. The zero-order chi connectivity index (χ0) is 13.1. The van der Waals surface area contributed by atoms with Crippen molar-refractivity contribution >= 4 is 27.5 Å². The lowest BCUT2D eigenvalue weighted by Gasteiger charge is -2.29. The van der Waals surface area contributed by atoms with Crippen LogP contribution in [-0.2, 0) is 13.0 Å². The summed E-state index contributed by atoms with van der Waals surface area (Å²) in [6, 6.07) is 0. The first kappa shape index (κ1) is 15.0. The molecule has 0 saturated heterocycles. The molecule has 1 rings (SSSR count). The summed E-state index contributed by atoms with van der Waals surface area (Å²) in [5.41, 5.74) is 2.55. The van der Waals surface area contributed by atoms with Gasteiger partial charge in [-0.1, -0.05) is 13.8 Å². The van der Waals surface area contributed by atoms with Gasteiger partial charge in [0.25, 0.3) is 0 Å². The number of hydrogen-bond donors (Lipinski definition) is 0. The van der Waals surface area contributed by atoms with Gasteiger partial charge in [0, 0.05) is 12.4 Å². The highest BCUT2D eigenvalue weighted by atomic mass is 79.9. The Morgan fingerprint density at radius 1 is 1.29 bits per heavy atom. The summed E-state index contributed by atoms with van der Waals surface area (Å²) in [6.45, 7) is 9.52. The summed E-state index contributed by atoms with van der Waals surface area (Å²) >= 11 is 9.84. The van der Waals surface area contributed by atoms with E-state index in [1.165, 1.54) is 5.69 Å². The molecular weight excluding hydrogens is 300 g/mol. The Morgan fingerprint density at radius 2 is 1.88 bits per heavy atom. The number of rotatable bonds is 6. The summed E-state index contributed by atoms with van der Waals surface area (Å²) < 4.78 is 3.24. The molecule has 1 heterocycles. The van der Waals surface area contributed by atoms with E-state index in [0.29, 0.717) is 5.88 Å². The Labute approximate surface area is 118 Å². The van der Waals surface area contributed by atoms with Gasteiger partial charge in [-0.15, -0.1) is 11.6 Å². The van der Waals surface area contributed by atoms with E-state index in [0.717, 1.165) is 36.0 Å². The van der Waals surface area contributed by atoms with Crippen molar-refractivity contribution in [1.82, 2.24) is 9.78 Å². The maximum Gasteiger partial charge on any atom is 0.0738 e. The van der Waals surface area contributed by atoms with Gasteiger partial charge in [0.2, 0.25) is 0 Å². The smallest absolute Gasteiger partial charge is 0.0738 e. The van der Waals surface area contributed by atoms with Crippen molar-refractivity contribution in [3.8, 4) is 0 Å². The zero-order valence-electron chi connectivity index (χ0n) is 11.2. The molecule has 2 nitrogen and oxygen atoms in total. The van der Waals surface area contributed by atoms with E-state index in [2.05, 4.69) is 46.5 Å². The Kier molecular flexibility index (Phi) is 5.52. The molecule has 0 N–H and O–H groups in total. The molecule has 4 heteroatoms. The number of halogens is 2. The second-order valence-corrected chi connectivity index (χ2v) is 5.74. The maximum atomic E-state index is 6.18. The minimum Gasteiger partial charge on any atom is -0.268 e. The second-order valence-electron chi connectivity index (χ2n) is 4.68. The quantitative estimate of drug-likeness (QED) is 0.702. The lowest BCUT2D eigenvalue weighted by molar-refractivity contribution is 0.292. The normalized spacial score (nSPS) is 12.1. The second kappa shape index (κ2) is 6.24. The van der Waals surface area contributed by atoms with Crippen LogP contribution in [0.2, 0.25) is 0 Å². The van der Waals surface area contributed by atoms with Crippen LogP contribution in [0, 0.1) is 12.3 Å². The van der Waals surface area contributed by atoms with E-state index in [1.807, 2.05) is 6.92 Å². The minimum atomic E-state index is 0.198. The molecule has 17 heavy (non-hydrogen) atoms. The first-order valence-corrected chi connectivity index (χ1v) is 7.64. The Hall–Kier alpha value is -0.0200. The van der Waals surface area contributed by atoms with Gasteiger partial charge in [-0.2, -0.15) is 5.10 Å². The van der Waals surface area contributed by atoms with Crippen molar-refractivity contribution in [1.29, 1.82) is 0 Å². The highest BCUT2D eigenvalue weighted by molar-refractivity contribution is 9.10. The Morgan fingerprint density at radius 3 is 2.29 bits per heavy atom. The summed E-state index contributed by atoms with van der Waals surface area (Å²) in [7, 11) is 0. The largest absolute Gasteiger partial charge is 0.268 e. The fraction of sp³-hybridized carbons (Fsp3) is 0.769. The average molecular weight is 322 g/mol. The van der Waals surface area contributed by atoms with Gasteiger partial charge in [0.15, 0.2) is 0 Å². The van der Waals surface area contributed by atoms with E-state index >= 15 is 0 Å². The molecule has 1 aromatic rings. The predicted molar refractivity (Wildman–Crippen MR) is 77.8 cm³/mol. The summed E-state index contributed by atoms with van der Waals surface area (Å²) in [6.07, 6.45) is 3.21. The van der Waals surface area contributed by atoms with Crippen LogP contribution in [0.15, 0.2) is 4.47 Å². The van der Waals surface area contributed by atoms with Crippen LogP contribution < -0.4 is 0 Å². The third kappa shape index (κ3) is 3.05. The fourth-order valence-electron chi connectivity index (χ4n) is 2.13. The molecule has 0 aliphatic carbocycles. The van der Waals surface area contributed by atoms with Crippen LogP contribution >= 0.6 is 27.5 Å². The molecule has 0 bridgehead atoms. The number of hydrogen-bond acceptors (Lipinski definition) is 1. The molecule has 0 radical (unpaired) electrons. The molecule has 0 saturated carbocycles. The van der Waals surface area contributed by atoms with Crippen molar-refractivity contribution in [2.75, 3.05) is 5.88 Å². The Bertz CT molecular complexity index is 361. The number of alkyl halides is 1. The third-order valence-corrected chi connectivity index (χ3v) is 5.38. The molecule has 1 aromatic heterocycles. The van der Waals surface area contributed by atoms with Gasteiger partial charge in [-0.3, -0.25) is 4.68 Å². The number of nitrogens with zero attached hydrogens (tertiary/aromatic N) is 2. The molecule has 0 aromatic carbocycles. The van der Waals surface area contributed by atoms with Crippen molar-refractivity contribution in [2.24, 2.45) is 5.41 Å². The van der Waals surface area contributed by atoms with Gasteiger partial charge in [-0.05, 0) is 54.5 Å². The van der Waals surface area contributed by atoms with E-state index in [4.69, 9.17) is 11.6 Å². The summed E-state index contributed by atoms with van der Waals surface area (Å²) in [4.78, 5) is 0. The average Bonchev–Trinajstić information content (AvgIpc) is 2.63. The van der Waals surface area contributed by atoms with Crippen LogP contribution in [-0.4, -0.2) is 15.7 Å². The lowest BCUT2D eigenvalue weighted by Crippen LogP contribution is -2.25. The van der Waals surface area contributed by atoms with Crippen molar-refractivity contribution < 1.29 is 0 Å². The van der Waals surface area contributed by atoms with E-state index in [-0.39, 0.29) is 5.41 Å². The first-order chi connectivity index (χ1) is 8.03. The van der Waals surface area contributed by atoms with Gasteiger partial charge < -0.3 is 0 Å². The number of aryl methyl sites for hydroxylation is 2. The van der Waals surface area contributed by atoms with Crippen LogP contribution in [0.4, 0.5) is 0 Å². The highest BCUT2D eigenvalue weighted by Crippen LogP contribution is 2.35. The number of aromatic nitrogens is 2. The highest BCUT2D eigenvalue weighted by Gasteiger charge is 2.28. The summed E-state index contributed by atoms with van der Waals surface area (Å²) in [5.74, 6) is 0.709. The van der Waals surface area contributed by atoms with Crippen molar-refractivity contribution in [3.63, 3.8) is 0 Å². The molecule has 0 unspecified atom stereocenters. The molecule has 98 valence electrons. The monoisotopic (exact) mass is 320 g/mol. The lowest BCUT2D eigenvalue weighted by atomic mass is 9.80. The minimum absolute atomic E-state index is 0.198. The fourth-order valence-corrected chi connectivity index (χ4v) is 3.03. The van der Waals surface area contributed by atoms with E-state index in [9.17, 15) is 0 Å². The van der Waals surface area contributed by atoms with Crippen LogP contribution in [0.25, 0.3) is 0 Å². The van der Waals surface area contributed by atoms with Gasteiger partial charge in [-0.25, -0.2) is 0 Å². The standard InChI is InChI=1S/C13H22BrClN2/c1-5-13(6-2,9-15)8-11-12(14)10(4)16-17(11)7-3/h5-9H2,1-4H3. The van der Waals surface area contributed by atoms with Crippen LogP contribution in [0.5, 0.6) is 0 Å². The van der Waals surface area contributed by atoms with Crippen LogP contribution in [0.3, 0.4) is 0 Å². The van der Waals surface area contributed by atoms with Crippen molar-refractivity contribution in [2.45, 2.75) is 53.5 Å². The molecule has 0 fully saturated rings. The molecule has 0 atom stereocenters. The van der Waals surface area contributed by atoms with Gasteiger partial charge in [0.1, 0.15) is 0 Å². The van der Waals surface area contributed by atoms with Gasteiger partial charge in [0.05, 0.1) is 15.9 Å². The van der Waals surface area contributed by atoms with E-state index in [1.54, 1.807) is 0 Å². The Balaban J connectivity index is 3.08.